The minimum atomic E-state index is -0.00443. The molecule has 0 bridgehead atoms. The Morgan fingerprint density at radius 2 is 0.980 bits per heavy atom. The Morgan fingerprint density at radius 1 is 0.388 bits per heavy atom. The van der Waals surface area contributed by atoms with Crippen LogP contribution in [0.15, 0.2) is 140 Å². The zero-order valence-corrected chi connectivity index (χ0v) is 28.8. The van der Waals surface area contributed by atoms with Crippen LogP contribution >= 0.6 is 0 Å². The SMILES string of the molecule is CC(C)(C)c1cc2ccc3c(-c4ccc5cc(-c6ccc7c(c6)C(C)(C)c6ccccc6-7)ccc5c4)ccc4c5ccccc5c(c1)c2c34. The van der Waals surface area contributed by atoms with Gasteiger partial charge in [0.1, 0.15) is 0 Å². The third-order valence-corrected chi connectivity index (χ3v) is 11.5. The number of hydrogen-bond acceptors (Lipinski definition) is 0. The second kappa shape index (κ2) is 9.80. The van der Waals surface area contributed by atoms with Gasteiger partial charge in [-0.25, -0.2) is 0 Å². The third kappa shape index (κ3) is 4.04. The van der Waals surface area contributed by atoms with E-state index in [4.69, 9.17) is 0 Å². The fourth-order valence-corrected chi connectivity index (χ4v) is 8.86. The molecule has 0 saturated heterocycles. The largest absolute Gasteiger partial charge is 0.0619 e. The van der Waals surface area contributed by atoms with Gasteiger partial charge in [-0.15, -0.1) is 0 Å². The van der Waals surface area contributed by atoms with E-state index in [1.165, 1.54) is 104 Å². The van der Waals surface area contributed by atoms with Gasteiger partial charge in [0.2, 0.25) is 0 Å². The molecule has 9 aromatic rings. The molecule has 0 nitrogen and oxygen atoms in total. The molecule has 0 N–H and O–H groups in total. The van der Waals surface area contributed by atoms with Crippen LogP contribution in [0, 0.1) is 0 Å². The van der Waals surface area contributed by atoms with E-state index in [9.17, 15) is 0 Å². The second-order valence-electron chi connectivity index (χ2n) is 15.8. The molecule has 9 aromatic carbocycles. The highest BCUT2D eigenvalue weighted by atomic mass is 14.4. The fourth-order valence-electron chi connectivity index (χ4n) is 8.86. The lowest BCUT2D eigenvalue weighted by atomic mass is 9.81. The van der Waals surface area contributed by atoms with Gasteiger partial charge in [-0.2, -0.15) is 0 Å². The van der Waals surface area contributed by atoms with Crippen molar-refractivity contribution in [3.63, 3.8) is 0 Å². The summed E-state index contributed by atoms with van der Waals surface area (Å²) in [6, 6.07) is 53.1. The minimum absolute atomic E-state index is 0.00443. The molecule has 0 heteroatoms. The van der Waals surface area contributed by atoms with Crippen LogP contribution < -0.4 is 0 Å². The molecule has 10 rings (SSSR count). The molecule has 1 aliphatic carbocycles. The predicted molar refractivity (Wildman–Crippen MR) is 212 cm³/mol. The van der Waals surface area contributed by atoms with E-state index < -0.39 is 0 Å². The molecule has 234 valence electrons. The molecule has 0 fully saturated rings. The second-order valence-corrected chi connectivity index (χ2v) is 15.8. The van der Waals surface area contributed by atoms with Crippen molar-refractivity contribution in [3.8, 4) is 33.4 Å². The maximum atomic E-state index is 2.45. The van der Waals surface area contributed by atoms with Crippen LogP contribution in [0.3, 0.4) is 0 Å². The van der Waals surface area contributed by atoms with Crippen molar-refractivity contribution in [2.24, 2.45) is 0 Å². The molecule has 0 saturated carbocycles. The molecular formula is C49H38. The van der Waals surface area contributed by atoms with Gasteiger partial charge in [0.15, 0.2) is 0 Å². The van der Waals surface area contributed by atoms with Crippen LogP contribution in [0.25, 0.3) is 87.2 Å². The smallest absolute Gasteiger partial charge is 0.0159 e. The monoisotopic (exact) mass is 626 g/mol. The highest BCUT2D eigenvalue weighted by Gasteiger charge is 2.35. The van der Waals surface area contributed by atoms with E-state index in [2.05, 4.69) is 174 Å². The molecule has 0 aliphatic heterocycles. The molecule has 0 heterocycles. The van der Waals surface area contributed by atoms with E-state index in [-0.39, 0.29) is 10.8 Å². The molecule has 0 unspecified atom stereocenters. The summed E-state index contributed by atoms with van der Waals surface area (Å²) in [6.07, 6.45) is 0. The topological polar surface area (TPSA) is 0 Å². The van der Waals surface area contributed by atoms with Crippen molar-refractivity contribution in [1.82, 2.24) is 0 Å². The van der Waals surface area contributed by atoms with E-state index in [1.807, 2.05) is 0 Å². The summed E-state index contributed by atoms with van der Waals surface area (Å²) >= 11 is 0. The average Bonchev–Trinajstić information content (AvgIpc) is 3.35. The lowest BCUT2D eigenvalue weighted by molar-refractivity contribution is 0.592. The first-order valence-corrected chi connectivity index (χ1v) is 17.6. The van der Waals surface area contributed by atoms with Gasteiger partial charge in [-0.1, -0.05) is 150 Å². The summed E-state index contributed by atoms with van der Waals surface area (Å²) in [5.74, 6) is 0. The minimum Gasteiger partial charge on any atom is -0.0619 e. The Hall–Kier alpha value is -5.46. The molecular weight excluding hydrogens is 589 g/mol. The molecule has 0 amide bonds. The van der Waals surface area contributed by atoms with Crippen molar-refractivity contribution in [2.45, 2.75) is 45.4 Å². The summed E-state index contributed by atoms with van der Waals surface area (Å²) in [7, 11) is 0. The maximum absolute atomic E-state index is 2.45. The van der Waals surface area contributed by atoms with Gasteiger partial charge in [0, 0.05) is 5.41 Å². The van der Waals surface area contributed by atoms with Crippen LogP contribution in [-0.4, -0.2) is 0 Å². The summed E-state index contributed by atoms with van der Waals surface area (Å²) in [5, 5.41) is 13.3. The fraction of sp³-hybridized carbons (Fsp3) is 0.143. The van der Waals surface area contributed by atoms with Gasteiger partial charge < -0.3 is 0 Å². The molecule has 0 radical (unpaired) electrons. The molecule has 0 spiro atoms. The first-order valence-electron chi connectivity index (χ1n) is 17.6. The Labute approximate surface area is 288 Å². The lowest BCUT2D eigenvalue weighted by Gasteiger charge is -2.23. The van der Waals surface area contributed by atoms with Crippen molar-refractivity contribution in [2.75, 3.05) is 0 Å². The van der Waals surface area contributed by atoms with Crippen LogP contribution in [0.4, 0.5) is 0 Å². The highest BCUT2D eigenvalue weighted by molar-refractivity contribution is 6.35. The predicted octanol–water partition coefficient (Wildman–Crippen LogP) is 13.8. The summed E-state index contributed by atoms with van der Waals surface area (Å²) in [6.45, 7) is 11.7. The number of hydrogen-bond donors (Lipinski definition) is 0. The van der Waals surface area contributed by atoms with E-state index in [0.717, 1.165) is 0 Å². The summed E-state index contributed by atoms with van der Waals surface area (Å²) < 4.78 is 0. The van der Waals surface area contributed by atoms with Crippen LogP contribution in [-0.2, 0) is 10.8 Å². The Bertz CT molecular complexity index is 2820. The summed E-state index contributed by atoms with van der Waals surface area (Å²) in [5.41, 5.74) is 12.1. The highest BCUT2D eigenvalue weighted by Crippen LogP contribution is 2.50. The van der Waals surface area contributed by atoms with Gasteiger partial charge in [0.25, 0.3) is 0 Å². The molecule has 0 aromatic heterocycles. The van der Waals surface area contributed by atoms with Crippen LogP contribution in [0.2, 0.25) is 0 Å². The van der Waals surface area contributed by atoms with Crippen LogP contribution in [0.5, 0.6) is 0 Å². The normalized spacial score (nSPS) is 14.0. The van der Waals surface area contributed by atoms with Crippen molar-refractivity contribution in [3.05, 3.63) is 156 Å². The third-order valence-electron chi connectivity index (χ3n) is 11.5. The van der Waals surface area contributed by atoms with E-state index in [1.54, 1.807) is 0 Å². The Kier molecular flexibility index (Phi) is 5.71. The van der Waals surface area contributed by atoms with Crippen LogP contribution in [0.1, 0.15) is 51.3 Å². The van der Waals surface area contributed by atoms with Gasteiger partial charge in [0.05, 0.1) is 0 Å². The summed E-state index contributed by atoms with van der Waals surface area (Å²) in [4.78, 5) is 0. The van der Waals surface area contributed by atoms with E-state index >= 15 is 0 Å². The molecule has 0 atom stereocenters. The van der Waals surface area contributed by atoms with Crippen molar-refractivity contribution >= 4 is 53.9 Å². The number of benzene rings is 9. The number of rotatable bonds is 2. The first-order chi connectivity index (χ1) is 23.7. The maximum Gasteiger partial charge on any atom is 0.0159 e. The zero-order chi connectivity index (χ0) is 33.2. The standard InChI is InChI=1S/C49H38/c1-48(2,3)35-26-34-19-21-41-36(22-23-42-37-10-6-7-11-38(37)43(28-35)46(34)47(41)42)33-17-16-29-24-30(14-15-31(29)25-33)32-18-20-40-39-12-8-9-13-44(39)49(4,5)45(40)27-32/h6-28H,1-5H3. The Morgan fingerprint density at radius 3 is 1.78 bits per heavy atom. The molecule has 1 aliphatic rings. The van der Waals surface area contributed by atoms with Gasteiger partial charge in [-0.3, -0.25) is 0 Å². The van der Waals surface area contributed by atoms with Gasteiger partial charge >= 0.3 is 0 Å². The van der Waals surface area contributed by atoms with Crippen molar-refractivity contribution in [1.29, 1.82) is 0 Å². The van der Waals surface area contributed by atoms with Gasteiger partial charge in [-0.05, 0) is 134 Å². The zero-order valence-electron chi connectivity index (χ0n) is 28.8. The quantitative estimate of drug-likeness (QED) is 0.132. The Balaban J connectivity index is 1.11. The number of fused-ring (bicyclic) bond motifs is 7. The lowest BCUT2D eigenvalue weighted by Crippen LogP contribution is -2.14. The molecule has 49 heavy (non-hydrogen) atoms. The van der Waals surface area contributed by atoms with E-state index in [0.29, 0.717) is 0 Å². The average molecular weight is 627 g/mol. The first kappa shape index (κ1) is 28.5. The van der Waals surface area contributed by atoms with Crippen molar-refractivity contribution < 1.29 is 0 Å².